The van der Waals surface area contributed by atoms with E-state index in [0.717, 1.165) is 17.6 Å². The second-order valence-electron chi connectivity index (χ2n) is 6.61. The molecule has 0 amide bonds. The predicted molar refractivity (Wildman–Crippen MR) is 116 cm³/mol. The van der Waals surface area contributed by atoms with Crippen LogP contribution in [-0.4, -0.2) is 41.1 Å². The number of benzene rings is 1. The zero-order valence-corrected chi connectivity index (χ0v) is 23.7. The van der Waals surface area contributed by atoms with Gasteiger partial charge < -0.3 is 0 Å². The number of halogens is 2. The van der Waals surface area contributed by atoms with Crippen LogP contribution >= 0.6 is 44.4 Å². The van der Waals surface area contributed by atoms with E-state index in [-0.39, 0.29) is 0 Å². The summed E-state index contributed by atoms with van der Waals surface area (Å²) >= 11 is 1.62. The van der Waals surface area contributed by atoms with Crippen LogP contribution < -0.4 is 5.30 Å². The Bertz CT molecular complexity index is 444. The van der Waals surface area contributed by atoms with Crippen molar-refractivity contribution in [2.24, 2.45) is 0 Å². The molecule has 0 radical (unpaired) electrons. The van der Waals surface area contributed by atoms with Crippen molar-refractivity contribution in [3.8, 4) is 0 Å². The topological polar surface area (TPSA) is 17.1 Å². The summed E-state index contributed by atoms with van der Waals surface area (Å²) in [5.41, 5.74) is 0. The zero-order chi connectivity index (χ0) is 15.4. The molecule has 1 aromatic carbocycles. The average Bonchev–Trinajstić information content (AvgIpc) is 2.33. The van der Waals surface area contributed by atoms with E-state index in [1.807, 2.05) is 18.2 Å². The summed E-state index contributed by atoms with van der Waals surface area (Å²) in [4.78, 5) is 9.75. The van der Waals surface area contributed by atoms with Crippen LogP contribution in [0.5, 0.6) is 0 Å². The molecule has 114 valence electrons. The van der Waals surface area contributed by atoms with Gasteiger partial charge in [-0.3, -0.25) is 0 Å². The quantitative estimate of drug-likeness (QED) is 0.193. The van der Waals surface area contributed by atoms with Crippen molar-refractivity contribution in [3.05, 3.63) is 30.3 Å². The first-order valence-electron chi connectivity index (χ1n) is 7.03. The molecule has 1 rings (SSSR count). The summed E-state index contributed by atoms with van der Waals surface area (Å²) in [6.07, 6.45) is 1.89. The van der Waals surface area contributed by atoms with Crippen LogP contribution in [0.4, 0.5) is 0 Å². The van der Waals surface area contributed by atoms with Crippen molar-refractivity contribution in [1.29, 1.82) is 0 Å². The summed E-state index contributed by atoms with van der Waals surface area (Å²) in [5, 5.41) is 1.12. The maximum absolute atomic E-state index is 13.6. The van der Waals surface area contributed by atoms with E-state index in [2.05, 4.69) is 69.2 Å². The number of rotatable bonds is 7. The van der Waals surface area contributed by atoms with Gasteiger partial charge in [-0.2, -0.15) is 0 Å². The average molecular weight is 732 g/mol. The minimum atomic E-state index is -2.17. The normalized spacial score (nSPS) is 13.5. The second kappa shape index (κ2) is 8.56. The van der Waals surface area contributed by atoms with Crippen molar-refractivity contribution in [2.75, 3.05) is 12.3 Å². The van der Waals surface area contributed by atoms with Crippen LogP contribution in [0.15, 0.2) is 30.3 Å². The summed E-state index contributed by atoms with van der Waals surface area (Å²) in [6.45, 7) is 0. The fraction of sp³-hybridized carbons (Fsp3) is 0.571. The van der Waals surface area contributed by atoms with Gasteiger partial charge in [-0.05, 0) is 0 Å². The van der Waals surface area contributed by atoms with Gasteiger partial charge in [0.2, 0.25) is 0 Å². The summed E-state index contributed by atoms with van der Waals surface area (Å²) in [6, 6.07) is 10.3. The Labute approximate surface area is 152 Å². The van der Waals surface area contributed by atoms with Crippen LogP contribution in [-0.2, 0) is 4.57 Å². The first kappa shape index (κ1) is 20.6. The Morgan fingerprint density at radius 3 is 1.65 bits per heavy atom. The summed E-state index contributed by atoms with van der Waals surface area (Å²) in [7, 11) is -2.17. The molecule has 0 heterocycles. The van der Waals surface area contributed by atoms with Crippen LogP contribution in [0, 0.1) is 0 Å². The summed E-state index contributed by atoms with van der Waals surface area (Å²) in [5.74, 6) is 0. The fourth-order valence-electron chi connectivity index (χ4n) is 1.96. The fourth-order valence-corrected chi connectivity index (χ4v) is 30.2. The SMILES string of the molecule is [CH3][Sn]([CH3])([I])[CH2]CP(=O)(C[CH2][Sn]([CH3])([CH3])[I])c1ccccc1. The van der Waals surface area contributed by atoms with Gasteiger partial charge in [-0.25, -0.2) is 0 Å². The molecule has 0 aliphatic heterocycles. The van der Waals surface area contributed by atoms with E-state index in [1.165, 1.54) is 8.87 Å². The van der Waals surface area contributed by atoms with Gasteiger partial charge >= 0.3 is 154 Å². The molecule has 0 aliphatic carbocycles. The molecule has 0 saturated heterocycles. The monoisotopic (exact) mass is 734 g/mol. The van der Waals surface area contributed by atoms with Crippen LogP contribution in [0.25, 0.3) is 0 Å². The van der Waals surface area contributed by atoms with Gasteiger partial charge in [0.15, 0.2) is 0 Å². The van der Waals surface area contributed by atoms with E-state index in [4.69, 9.17) is 0 Å². The Kier molecular flexibility index (Phi) is 8.80. The molecule has 1 nitrogen and oxygen atoms in total. The molecule has 6 heteroatoms. The Morgan fingerprint density at radius 2 is 1.30 bits per heavy atom. The third-order valence-electron chi connectivity index (χ3n) is 3.36. The van der Waals surface area contributed by atoms with Crippen molar-refractivity contribution in [2.45, 2.75) is 28.6 Å². The van der Waals surface area contributed by atoms with Crippen LogP contribution in [0.2, 0.25) is 28.6 Å². The molecule has 0 spiro atoms. The van der Waals surface area contributed by atoms with Crippen LogP contribution in [0.3, 0.4) is 0 Å². The molecule has 0 bridgehead atoms. The molecular weight excluding hydrogens is 706 g/mol. The predicted octanol–water partition coefficient (Wildman–Crippen LogP) is 5.96. The molecule has 0 aliphatic rings. The van der Waals surface area contributed by atoms with Gasteiger partial charge in [-0.1, -0.05) is 0 Å². The van der Waals surface area contributed by atoms with E-state index < -0.39 is 36.0 Å². The second-order valence-corrected chi connectivity index (χ2v) is 71.5. The van der Waals surface area contributed by atoms with Gasteiger partial charge in [0.05, 0.1) is 0 Å². The molecule has 0 aromatic heterocycles. The van der Waals surface area contributed by atoms with Crippen molar-refractivity contribution in [1.82, 2.24) is 0 Å². The van der Waals surface area contributed by atoms with Crippen molar-refractivity contribution >= 4 is 78.5 Å². The van der Waals surface area contributed by atoms with Crippen molar-refractivity contribution in [3.63, 3.8) is 0 Å². The maximum atomic E-state index is 13.6. The van der Waals surface area contributed by atoms with Gasteiger partial charge in [-0.15, -0.1) is 0 Å². The van der Waals surface area contributed by atoms with E-state index >= 15 is 0 Å². The van der Waals surface area contributed by atoms with Crippen LogP contribution in [0.1, 0.15) is 0 Å². The molecule has 0 saturated carbocycles. The first-order valence-corrected chi connectivity index (χ1v) is 41.2. The van der Waals surface area contributed by atoms with Crippen molar-refractivity contribution < 1.29 is 4.57 Å². The number of hydrogen-bond acceptors (Lipinski definition) is 1. The molecule has 0 atom stereocenters. The van der Waals surface area contributed by atoms with E-state index in [1.54, 1.807) is 0 Å². The van der Waals surface area contributed by atoms with Gasteiger partial charge in [0.1, 0.15) is 0 Å². The Morgan fingerprint density at radius 1 is 0.900 bits per heavy atom. The zero-order valence-electron chi connectivity index (χ0n) is 12.8. The van der Waals surface area contributed by atoms with E-state index in [9.17, 15) is 4.57 Å². The number of hydrogen-bond donors (Lipinski definition) is 0. The standard InChI is InChI=1S/C10H13OP.4CH3.2HI.2Sn/c1-3-12(11,4-2)10-8-6-5-7-9-10;;;;;;;;/h5-9H,1-4H2;4*1H3;2*1H;;/q;;;;;;;2*+1/p-2. The molecule has 0 fully saturated rings. The summed E-state index contributed by atoms with van der Waals surface area (Å²) < 4.78 is 16.0. The molecule has 1 aromatic rings. The third-order valence-corrected chi connectivity index (χ3v) is 24.3. The van der Waals surface area contributed by atoms with Gasteiger partial charge in [0.25, 0.3) is 0 Å². The minimum absolute atomic E-state index is 0.946. The third kappa shape index (κ3) is 8.38. The Hall–Kier alpha value is 2.51. The molecule has 0 unspecified atom stereocenters. The molecular formula is C14H25I2OPSn2. The molecule has 20 heavy (non-hydrogen) atoms. The van der Waals surface area contributed by atoms with Gasteiger partial charge in [0, 0.05) is 0 Å². The first-order chi connectivity index (χ1) is 9.02. The molecule has 0 N–H and O–H groups in total. The Balaban J connectivity index is 2.92. The van der Waals surface area contributed by atoms with E-state index in [0.29, 0.717) is 0 Å².